The van der Waals surface area contributed by atoms with Crippen LogP contribution in [0.3, 0.4) is 0 Å². The molecule has 0 aromatic rings. The Morgan fingerprint density at radius 3 is 2.59 bits per heavy atom. The van der Waals surface area contributed by atoms with Gasteiger partial charge in [-0.3, -0.25) is 0 Å². The van der Waals surface area contributed by atoms with Gasteiger partial charge >= 0.3 is 0 Å². The highest BCUT2D eigenvalue weighted by molar-refractivity contribution is 7.98. The molecular weight excluding hydrogens is 238 g/mol. The summed E-state index contributed by atoms with van der Waals surface area (Å²) in [4.78, 5) is 0. The molecule has 0 saturated carbocycles. The number of hydrogen-bond acceptors (Lipinski definition) is 5. The third kappa shape index (κ3) is 11.0. The van der Waals surface area contributed by atoms with Gasteiger partial charge in [0.15, 0.2) is 0 Å². The molecule has 0 aliphatic carbocycles. The van der Waals surface area contributed by atoms with Gasteiger partial charge in [-0.15, -0.1) is 0 Å². The van der Waals surface area contributed by atoms with Gasteiger partial charge in [0.2, 0.25) is 0 Å². The summed E-state index contributed by atoms with van der Waals surface area (Å²) in [6, 6.07) is 0.438. The van der Waals surface area contributed by atoms with Crippen LogP contribution in [0.25, 0.3) is 0 Å². The van der Waals surface area contributed by atoms with Crippen molar-refractivity contribution in [2.45, 2.75) is 38.5 Å². The molecule has 5 heteroatoms. The van der Waals surface area contributed by atoms with Crippen LogP contribution in [0.15, 0.2) is 0 Å². The highest BCUT2D eigenvalue weighted by Crippen LogP contribution is 2.00. The minimum Gasteiger partial charge on any atom is -0.389 e. The van der Waals surface area contributed by atoms with Crippen molar-refractivity contribution >= 4 is 11.8 Å². The van der Waals surface area contributed by atoms with E-state index >= 15 is 0 Å². The number of aliphatic hydroxyl groups is 1. The van der Waals surface area contributed by atoms with Gasteiger partial charge in [-0.1, -0.05) is 0 Å². The van der Waals surface area contributed by atoms with Crippen LogP contribution in [-0.2, 0) is 9.47 Å². The number of nitrogens with one attached hydrogen (secondary N) is 1. The SMILES string of the molecule is COCC(C)OCC(O)CNC(C)CCSC. The topological polar surface area (TPSA) is 50.7 Å². The lowest BCUT2D eigenvalue weighted by molar-refractivity contribution is -0.0315. The Balaban J connectivity index is 3.48. The second kappa shape index (κ2) is 11.3. The van der Waals surface area contributed by atoms with Crippen molar-refractivity contribution in [3.8, 4) is 0 Å². The van der Waals surface area contributed by atoms with E-state index in [1.54, 1.807) is 7.11 Å². The smallest absolute Gasteiger partial charge is 0.0897 e. The van der Waals surface area contributed by atoms with Crippen LogP contribution >= 0.6 is 11.8 Å². The molecule has 104 valence electrons. The fourth-order valence-electron chi connectivity index (χ4n) is 1.35. The molecule has 0 aromatic carbocycles. The normalized spacial score (nSPS) is 16.8. The van der Waals surface area contributed by atoms with Gasteiger partial charge in [0, 0.05) is 19.7 Å². The molecule has 3 atom stereocenters. The Morgan fingerprint density at radius 2 is 2.00 bits per heavy atom. The van der Waals surface area contributed by atoms with Crippen molar-refractivity contribution in [2.24, 2.45) is 0 Å². The van der Waals surface area contributed by atoms with Crippen LogP contribution in [0.2, 0.25) is 0 Å². The molecule has 0 aromatic heterocycles. The summed E-state index contributed by atoms with van der Waals surface area (Å²) >= 11 is 1.84. The van der Waals surface area contributed by atoms with Gasteiger partial charge in [-0.25, -0.2) is 0 Å². The second-order valence-corrected chi connectivity index (χ2v) is 5.33. The molecule has 0 bridgehead atoms. The molecule has 0 radical (unpaired) electrons. The monoisotopic (exact) mass is 265 g/mol. The molecule has 0 amide bonds. The maximum Gasteiger partial charge on any atom is 0.0897 e. The molecule has 0 rings (SSSR count). The molecule has 17 heavy (non-hydrogen) atoms. The Hall–Kier alpha value is 0.190. The summed E-state index contributed by atoms with van der Waals surface area (Å²) in [6.45, 7) is 5.56. The van der Waals surface area contributed by atoms with E-state index < -0.39 is 6.10 Å². The Labute approximate surface area is 109 Å². The van der Waals surface area contributed by atoms with Gasteiger partial charge < -0.3 is 19.9 Å². The molecule has 0 fully saturated rings. The van der Waals surface area contributed by atoms with E-state index in [0.29, 0.717) is 25.8 Å². The predicted molar refractivity (Wildman–Crippen MR) is 73.8 cm³/mol. The highest BCUT2D eigenvalue weighted by Gasteiger charge is 2.09. The fourth-order valence-corrected chi connectivity index (χ4v) is 1.94. The van der Waals surface area contributed by atoms with Crippen LogP contribution in [0.1, 0.15) is 20.3 Å². The van der Waals surface area contributed by atoms with Gasteiger partial charge in [0.25, 0.3) is 0 Å². The van der Waals surface area contributed by atoms with Crippen molar-refractivity contribution in [1.29, 1.82) is 0 Å². The van der Waals surface area contributed by atoms with E-state index in [2.05, 4.69) is 18.5 Å². The number of hydrogen-bond donors (Lipinski definition) is 2. The van der Waals surface area contributed by atoms with E-state index in [4.69, 9.17) is 9.47 Å². The molecule has 0 spiro atoms. The lowest BCUT2D eigenvalue weighted by Gasteiger charge is -2.19. The Bertz CT molecular complexity index is 172. The van der Waals surface area contributed by atoms with Crippen molar-refractivity contribution < 1.29 is 14.6 Å². The average molecular weight is 265 g/mol. The number of thioether (sulfide) groups is 1. The van der Waals surface area contributed by atoms with Gasteiger partial charge in [-0.2, -0.15) is 11.8 Å². The highest BCUT2D eigenvalue weighted by atomic mass is 32.2. The third-order valence-electron chi connectivity index (χ3n) is 2.43. The minimum absolute atomic E-state index is 0.0311. The molecule has 0 heterocycles. The fraction of sp³-hybridized carbons (Fsp3) is 1.00. The van der Waals surface area contributed by atoms with Crippen molar-refractivity contribution in [3.63, 3.8) is 0 Å². The van der Waals surface area contributed by atoms with E-state index in [9.17, 15) is 5.11 Å². The number of aliphatic hydroxyl groups excluding tert-OH is 1. The molecule has 2 N–H and O–H groups in total. The van der Waals surface area contributed by atoms with Crippen LogP contribution in [-0.4, -0.2) is 62.2 Å². The van der Waals surface area contributed by atoms with E-state index in [0.717, 1.165) is 12.2 Å². The molecule has 0 aliphatic rings. The molecule has 3 unspecified atom stereocenters. The maximum absolute atomic E-state index is 9.71. The van der Waals surface area contributed by atoms with Crippen molar-refractivity contribution in [1.82, 2.24) is 5.32 Å². The van der Waals surface area contributed by atoms with Gasteiger partial charge in [0.05, 0.1) is 25.4 Å². The van der Waals surface area contributed by atoms with E-state index in [-0.39, 0.29) is 6.10 Å². The first-order valence-electron chi connectivity index (χ1n) is 6.11. The first-order chi connectivity index (χ1) is 8.10. The number of ether oxygens (including phenoxy) is 2. The first-order valence-corrected chi connectivity index (χ1v) is 7.50. The molecule has 0 saturated heterocycles. The van der Waals surface area contributed by atoms with Crippen LogP contribution in [0.5, 0.6) is 0 Å². The average Bonchev–Trinajstić information content (AvgIpc) is 2.31. The zero-order valence-electron chi connectivity index (χ0n) is 11.4. The zero-order chi connectivity index (χ0) is 13.1. The lowest BCUT2D eigenvalue weighted by Crippen LogP contribution is -2.37. The summed E-state index contributed by atoms with van der Waals surface area (Å²) < 4.78 is 10.4. The maximum atomic E-state index is 9.71. The minimum atomic E-state index is -0.453. The van der Waals surface area contributed by atoms with Crippen LogP contribution in [0, 0.1) is 0 Å². The number of methoxy groups -OCH3 is 1. The van der Waals surface area contributed by atoms with Crippen LogP contribution < -0.4 is 5.32 Å². The van der Waals surface area contributed by atoms with Crippen LogP contribution in [0.4, 0.5) is 0 Å². The summed E-state index contributed by atoms with van der Waals surface area (Å²) in [5, 5.41) is 13.0. The zero-order valence-corrected chi connectivity index (χ0v) is 12.3. The van der Waals surface area contributed by atoms with Gasteiger partial charge in [-0.05, 0) is 32.3 Å². The van der Waals surface area contributed by atoms with E-state index in [1.165, 1.54) is 0 Å². The summed E-state index contributed by atoms with van der Waals surface area (Å²) in [5.41, 5.74) is 0. The van der Waals surface area contributed by atoms with Crippen molar-refractivity contribution in [2.75, 3.05) is 38.9 Å². The van der Waals surface area contributed by atoms with E-state index in [1.807, 2.05) is 18.7 Å². The first kappa shape index (κ1) is 17.2. The molecule has 4 nitrogen and oxygen atoms in total. The Morgan fingerprint density at radius 1 is 1.29 bits per heavy atom. The quantitative estimate of drug-likeness (QED) is 0.586. The second-order valence-electron chi connectivity index (χ2n) is 4.34. The number of rotatable bonds is 11. The largest absolute Gasteiger partial charge is 0.389 e. The standard InChI is InChI=1S/C12H27NO3S/c1-10(5-6-17-4)13-7-12(14)9-16-11(2)8-15-3/h10-14H,5-9H2,1-4H3. The Kier molecular flexibility index (Phi) is 11.4. The summed E-state index contributed by atoms with van der Waals surface area (Å²) in [5.74, 6) is 1.14. The molecular formula is C12H27NO3S. The van der Waals surface area contributed by atoms with Crippen molar-refractivity contribution in [3.05, 3.63) is 0 Å². The predicted octanol–water partition coefficient (Wildman–Crippen LogP) is 1.13. The third-order valence-corrected chi connectivity index (χ3v) is 3.08. The summed E-state index contributed by atoms with van der Waals surface area (Å²) in [7, 11) is 1.64. The molecule has 0 aliphatic heterocycles. The lowest BCUT2D eigenvalue weighted by atomic mass is 10.2. The van der Waals surface area contributed by atoms with Gasteiger partial charge in [0.1, 0.15) is 0 Å². The summed E-state index contributed by atoms with van der Waals surface area (Å²) in [6.07, 6.45) is 2.80.